The first kappa shape index (κ1) is 26.9. The van der Waals surface area contributed by atoms with Crippen LogP contribution in [0.1, 0.15) is 40.7 Å². The summed E-state index contributed by atoms with van der Waals surface area (Å²) in [5.74, 6) is 0.611. The molecule has 0 atom stereocenters. The number of allylic oxidation sites excluding steroid dienone is 3. The zero-order valence-corrected chi connectivity index (χ0v) is 23.6. The molecule has 4 nitrogen and oxygen atoms in total. The third-order valence-corrected chi connectivity index (χ3v) is 8.06. The molecule has 4 aromatic rings. The minimum absolute atomic E-state index is 0.0883. The maximum absolute atomic E-state index is 9.80. The monoisotopic (exact) mass is 545 g/mol. The number of hydrogen-bond donors (Lipinski definition) is 0. The summed E-state index contributed by atoms with van der Waals surface area (Å²) >= 11 is 0. The number of ether oxygens (including phenoxy) is 1. The standard InChI is InChI=1S/C38H31N3O/c1-28-15-19-34(20-16-28)41-23-9-10-30-24-29(18-22-37(30)41)17-21-35-25-31(36(27-39)40-2)26-38(42-35,32-11-5-3-6-12-32)33-13-7-4-8-14-33/h3-8,11-22,24-25H,9-10,23,26H2,1H3. The molecule has 0 aliphatic carbocycles. The first-order valence-corrected chi connectivity index (χ1v) is 14.3. The average Bonchev–Trinajstić information content (AvgIpc) is 3.05. The maximum Gasteiger partial charge on any atom is 0.265 e. The minimum atomic E-state index is -0.872. The Balaban J connectivity index is 1.38. The molecule has 0 saturated heterocycles. The van der Waals surface area contributed by atoms with Crippen molar-refractivity contribution in [2.24, 2.45) is 0 Å². The minimum Gasteiger partial charge on any atom is -0.478 e. The Morgan fingerprint density at radius 3 is 2.26 bits per heavy atom. The number of benzene rings is 4. The van der Waals surface area contributed by atoms with E-state index in [2.05, 4.69) is 71.3 Å². The number of nitriles is 1. The van der Waals surface area contributed by atoms with Gasteiger partial charge in [0.2, 0.25) is 0 Å². The van der Waals surface area contributed by atoms with Crippen molar-refractivity contribution in [3.05, 3.63) is 172 Å². The molecular weight excluding hydrogens is 514 g/mol. The van der Waals surface area contributed by atoms with Crippen molar-refractivity contribution in [1.29, 1.82) is 5.26 Å². The van der Waals surface area contributed by atoms with Crippen molar-refractivity contribution in [2.45, 2.75) is 31.8 Å². The molecule has 2 heterocycles. The number of nitrogens with zero attached hydrogens (tertiary/aromatic N) is 3. The maximum atomic E-state index is 9.80. The molecule has 0 bridgehead atoms. The summed E-state index contributed by atoms with van der Waals surface area (Å²) in [6.45, 7) is 10.8. The quantitative estimate of drug-likeness (QED) is 0.186. The lowest BCUT2D eigenvalue weighted by Gasteiger charge is -2.39. The van der Waals surface area contributed by atoms with Gasteiger partial charge in [-0.15, -0.1) is 0 Å². The molecule has 0 saturated carbocycles. The van der Waals surface area contributed by atoms with E-state index in [4.69, 9.17) is 11.3 Å². The van der Waals surface area contributed by atoms with E-state index < -0.39 is 5.60 Å². The highest BCUT2D eigenvalue weighted by Crippen LogP contribution is 2.45. The second kappa shape index (κ2) is 11.7. The van der Waals surface area contributed by atoms with Crippen molar-refractivity contribution in [1.82, 2.24) is 0 Å². The van der Waals surface area contributed by atoms with Gasteiger partial charge in [-0.25, -0.2) is 10.1 Å². The van der Waals surface area contributed by atoms with Crippen LogP contribution in [-0.4, -0.2) is 6.54 Å². The second-order valence-corrected chi connectivity index (χ2v) is 10.8. The Labute approximate surface area is 247 Å². The van der Waals surface area contributed by atoms with Crippen LogP contribution in [0.2, 0.25) is 0 Å². The summed E-state index contributed by atoms with van der Waals surface area (Å²) < 4.78 is 6.85. The average molecular weight is 546 g/mol. The molecule has 4 heteroatoms. The molecule has 4 aromatic carbocycles. The third-order valence-electron chi connectivity index (χ3n) is 8.06. The predicted octanol–water partition coefficient (Wildman–Crippen LogP) is 9.04. The summed E-state index contributed by atoms with van der Waals surface area (Å²) in [6.07, 6.45) is 8.38. The molecule has 2 aliphatic heterocycles. The lowest BCUT2D eigenvalue weighted by Crippen LogP contribution is -2.34. The Kier molecular flexibility index (Phi) is 7.46. The first-order chi connectivity index (χ1) is 20.6. The van der Waals surface area contributed by atoms with Crippen molar-refractivity contribution in [3.63, 3.8) is 0 Å². The van der Waals surface area contributed by atoms with Crippen molar-refractivity contribution < 1.29 is 4.74 Å². The van der Waals surface area contributed by atoms with Crippen molar-refractivity contribution in [3.8, 4) is 6.07 Å². The van der Waals surface area contributed by atoms with Crippen LogP contribution in [0, 0.1) is 24.8 Å². The number of anilines is 2. The fraction of sp³-hybridized carbons (Fsp3) is 0.158. The lowest BCUT2D eigenvalue weighted by atomic mass is 9.79. The lowest BCUT2D eigenvalue weighted by molar-refractivity contribution is 0.0348. The zero-order chi connectivity index (χ0) is 28.9. The summed E-state index contributed by atoms with van der Waals surface area (Å²) in [6, 6.07) is 37.6. The molecular formula is C38H31N3O. The largest absolute Gasteiger partial charge is 0.478 e. The van der Waals surface area contributed by atoms with Gasteiger partial charge in [0.25, 0.3) is 5.70 Å². The van der Waals surface area contributed by atoms with Gasteiger partial charge in [-0.05, 0) is 72.9 Å². The van der Waals surface area contributed by atoms with E-state index >= 15 is 0 Å². The normalized spacial score (nSPS) is 16.9. The Morgan fingerprint density at radius 1 is 0.929 bits per heavy atom. The summed E-state index contributed by atoms with van der Waals surface area (Å²) in [7, 11) is 0. The number of fused-ring (bicyclic) bond motifs is 1. The SMILES string of the molecule is [C-]#[N+]C(C#N)=C1C=C(C=Cc2ccc3c(c2)CCCN3c2ccc(C)cc2)OC(c2ccccc2)(c2ccccc2)C1. The molecule has 204 valence electrons. The smallest absolute Gasteiger partial charge is 0.265 e. The molecule has 0 spiro atoms. The molecule has 0 unspecified atom stereocenters. The summed E-state index contributed by atoms with van der Waals surface area (Å²) in [5.41, 5.74) is 7.97. The van der Waals surface area contributed by atoms with E-state index in [1.54, 1.807) is 0 Å². The van der Waals surface area contributed by atoms with E-state index in [0.717, 1.165) is 36.1 Å². The molecule has 2 aliphatic rings. The van der Waals surface area contributed by atoms with E-state index in [-0.39, 0.29) is 5.70 Å². The van der Waals surface area contributed by atoms with Crippen LogP contribution in [0.25, 0.3) is 10.9 Å². The van der Waals surface area contributed by atoms with Crippen LogP contribution in [0.15, 0.2) is 132 Å². The molecule has 0 radical (unpaired) electrons. The van der Waals surface area contributed by atoms with Crippen LogP contribution in [-0.2, 0) is 16.8 Å². The third kappa shape index (κ3) is 5.24. The first-order valence-electron chi connectivity index (χ1n) is 14.3. The van der Waals surface area contributed by atoms with Crippen molar-refractivity contribution >= 4 is 17.5 Å². The predicted molar refractivity (Wildman–Crippen MR) is 169 cm³/mol. The molecule has 6 rings (SSSR count). The fourth-order valence-electron chi connectivity index (χ4n) is 5.96. The molecule has 0 aromatic heterocycles. The van der Waals surface area contributed by atoms with E-state index in [1.165, 1.54) is 22.5 Å². The number of hydrogen-bond acceptors (Lipinski definition) is 3. The van der Waals surface area contributed by atoms with Gasteiger partial charge in [-0.3, -0.25) is 0 Å². The molecule has 0 N–H and O–H groups in total. The highest BCUT2D eigenvalue weighted by Gasteiger charge is 2.40. The van der Waals surface area contributed by atoms with Crippen LogP contribution in [0.5, 0.6) is 0 Å². The van der Waals surface area contributed by atoms with Gasteiger partial charge in [0.05, 0.1) is 12.6 Å². The Bertz CT molecular complexity index is 1710. The van der Waals surface area contributed by atoms with Gasteiger partial charge < -0.3 is 9.64 Å². The molecule has 42 heavy (non-hydrogen) atoms. The van der Waals surface area contributed by atoms with Crippen LogP contribution in [0.4, 0.5) is 11.4 Å². The highest BCUT2D eigenvalue weighted by atomic mass is 16.5. The van der Waals surface area contributed by atoms with Gasteiger partial charge in [0.1, 0.15) is 5.76 Å². The molecule has 0 fully saturated rings. The van der Waals surface area contributed by atoms with Gasteiger partial charge in [-0.1, -0.05) is 90.5 Å². The Morgan fingerprint density at radius 2 is 1.62 bits per heavy atom. The summed E-state index contributed by atoms with van der Waals surface area (Å²) in [4.78, 5) is 5.96. The molecule has 0 amide bonds. The van der Waals surface area contributed by atoms with Crippen LogP contribution in [0.3, 0.4) is 0 Å². The van der Waals surface area contributed by atoms with E-state index in [0.29, 0.717) is 17.8 Å². The number of aryl methyl sites for hydroxylation is 2. The Hall–Kier alpha value is -5.32. The second-order valence-electron chi connectivity index (χ2n) is 10.8. The summed E-state index contributed by atoms with van der Waals surface area (Å²) in [5, 5.41) is 9.80. The van der Waals surface area contributed by atoms with E-state index in [9.17, 15) is 5.26 Å². The zero-order valence-electron chi connectivity index (χ0n) is 23.6. The van der Waals surface area contributed by atoms with Gasteiger partial charge in [-0.2, -0.15) is 0 Å². The van der Waals surface area contributed by atoms with Crippen LogP contribution < -0.4 is 4.90 Å². The fourth-order valence-corrected chi connectivity index (χ4v) is 5.96. The highest BCUT2D eigenvalue weighted by molar-refractivity contribution is 5.70. The van der Waals surface area contributed by atoms with Crippen LogP contribution >= 0.6 is 0 Å². The van der Waals surface area contributed by atoms with Crippen molar-refractivity contribution in [2.75, 3.05) is 11.4 Å². The van der Waals surface area contributed by atoms with Gasteiger partial charge in [0, 0.05) is 35.5 Å². The van der Waals surface area contributed by atoms with E-state index in [1.807, 2.05) is 72.8 Å². The number of rotatable bonds is 5. The van der Waals surface area contributed by atoms with Gasteiger partial charge in [0.15, 0.2) is 5.60 Å². The topological polar surface area (TPSA) is 40.6 Å². The van der Waals surface area contributed by atoms with Gasteiger partial charge >= 0.3 is 0 Å².